The molecule has 0 amide bonds. The number of aliphatic hydroxyl groups excluding tert-OH is 1. The van der Waals surface area contributed by atoms with Crippen LogP contribution in [0.15, 0.2) is 42.7 Å². The number of rotatable bonds is 5. The summed E-state index contributed by atoms with van der Waals surface area (Å²) in [5, 5.41) is 10.5. The molecule has 0 bridgehead atoms. The Bertz CT molecular complexity index is 1180. The SMILES string of the molecule is CN(CCO)c1ccnc2c(-c3cccc4[nH]ccc34)nc(N3CCOCC3)nc12. The Morgan fingerprint density at radius 1 is 1.13 bits per heavy atom. The second kappa shape index (κ2) is 7.89. The third-order valence-corrected chi connectivity index (χ3v) is 5.54. The van der Waals surface area contributed by atoms with Crippen LogP contribution in [0.2, 0.25) is 0 Å². The molecule has 8 nitrogen and oxygen atoms in total. The summed E-state index contributed by atoms with van der Waals surface area (Å²) in [5.41, 5.74) is 5.35. The minimum atomic E-state index is 0.0667. The Labute approximate surface area is 174 Å². The van der Waals surface area contributed by atoms with Crippen molar-refractivity contribution in [1.29, 1.82) is 0 Å². The molecule has 1 fully saturated rings. The number of nitrogens with one attached hydrogen (secondary N) is 1. The number of ether oxygens (including phenoxy) is 1. The molecule has 0 radical (unpaired) electrons. The van der Waals surface area contributed by atoms with Crippen LogP contribution in [-0.2, 0) is 4.74 Å². The summed E-state index contributed by atoms with van der Waals surface area (Å²) in [7, 11) is 1.95. The van der Waals surface area contributed by atoms with E-state index in [0.29, 0.717) is 25.7 Å². The second-order valence-corrected chi connectivity index (χ2v) is 7.39. The number of nitrogens with zero attached hydrogens (tertiary/aromatic N) is 5. The van der Waals surface area contributed by atoms with Crippen molar-refractivity contribution >= 4 is 33.6 Å². The van der Waals surface area contributed by atoms with Gasteiger partial charge < -0.3 is 24.6 Å². The molecular formula is C22H24N6O2. The summed E-state index contributed by atoms with van der Waals surface area (Å²) in [6, 6.07) is 10.2. The number of hydrogen-bond acceptors (Lipinski definition) is 7. The smallest absolute Gasteiger partial charge is 0.226 e. The molecule has 30 heavy (non-hydrogen) atoms. The van der Waals surface area contributed by atoms with Crippen LogP contribution in [0.4, 0.5) is 11.6 Å². The third kappa shape index (κ3) is 3.24. The highest BCUT2D eigenvalue weighted by molar-refractivity contribution is 6.03. The van der Waals surface area contributed by atoms with Crippen LogP contribution in [0.1, 0.15) is 0 Å². The first-order valence-electron chi connectivity index (χ1n) is 10.1. The summed E-state index contributed by atoms with van der Waals surface area (Å²) in [5.74, 6) is 0.681. The predicted molar refractivity (Wildman–Crippen MR) is 118 cm³/mol. The molecule has 4 aromatic rings. The standard InChI is InChI=1S/C22H24N6O2/c1-27(9-12-29)18-6-8-24-21-19(16-3-2-4-17-15(16)5-7-23-17)25-22(26-20(18)21)28-10-13-30-14-11-28/h2-8,23,29H,9-14H2,1H3. The van der Waals surface area contributed by atoms with Crippen LogP contribution in [0, 0.1) is 0 Å². The van der Waals surface area contributed by atoms with Crippen molar-refractivity contribution in [2.45, 2.75) is 0 Å². The number of aromatic amines is 1. The monoisotopic (exact) mass is 404 g/mol. The van der Waals surface area contributed by atoms with E-state index in [4.69, 9.17) is 14.7 Å². The van der Waals surface area contributed by atoms with Crippen molar-refractivity contribution in [3.8, 4) is 11.3 Å². The number of pyridine rings is 1. The number of anilines is 2. The zero-order valence-corrected chi connectivity index (χ0v) is 16.9. The van der Waals surface area contributed by atoms with E-state index in [2.05, 4.69) is 33.1 Å². The molecule has 0 saturated carbocycles. The van der Waals surface area contributed by atoms with E-state index >= 15 is 0 Å². The fourth-order valence-electron chi connectivity index (χ4n) is 3.97. The first kappa shape index (κ1) is 18.8. The number of likely N-dealkylation sites (N-methyl/N-ethyl adjacent to an activating group) is 1. The van der Waals surface area contributed by atoms with Gasteiger partial charge in [0.05, 0.1) is 25.5 Å². The molecular weight excluding hydrogens is 380 g/mol. The van der Waals surface area contributed by atoms with E-state index in [0.717, 1.165) is 52.0 Å². The fraction of sp³-hybridized carbons (Fsp3) is 0.318. The highest BCUT2D eigenvalue weighted by Crippen LogP contribution is 2.35. The van der Waals surface area contributed by atoms with Gasteiger partial charge in [0, 0.05) is 55.5 Å². The molecule has 8 heteroatoms. The maximum atomic E-state index is 9.44. The molecule has 1 aliphatic rings. The average Bonchev–Trinajstić information content (AvgIpc) is 3.28. The topological polar surface area (TPSA) is 90.4 Å². The van der Waals surface area contributed by atoms with E-state index in [1.54, 1.807) is 6.20 Å². The molecule has 1 aromatic carbocycles. The van der Waals surface area contributed by atoms with Crippen LogP contribution in [0.5, 0.6) is 0 Å². The Hall–Kier alpha value is -3.23. The molecule has 1 aliphatic heterocycles. The van der Waals surface area contributed by atoms with Crippen molar-refractivity contribution in [3.63, 3.8) is 0 Å². The number of morpholine rings is 1. The molecule has 3 aromatic heterocycles. The van der Waals surface area contributed by atoms with Crippen molar-refractivity contribution in [1.82, 2.24) is 19.9 Å². The summed E-state index contributed by atoms with van der Waals surface area (Å²) in [6.45, 7) is 3.40. The Balaban J connectivity index is 1.78. The number of aromatic nitrogens is 4. The Kier molecular flexibility index (Phi) is 4.94. The van der Waals surface area contributed by atoms with E-state index in [9.17, 15) is 5.11 Å². The van der Waals surface area contributed by atoms with Gasteiger partial charge in [0.2, 0.25) is 5.95 Å². The maximum absolute atomic E-state index is 9.44. The molecule has 154 valence electrons. The number of aliphatic hydroxyl groups is 1. The van der Waals surface area contributed by atoms with Gasteiger partial charge in [-0.25, -0.2) is 9.97 Å². The lowest BCUT2D eigenvalue weighted by Crippen LogP contribution is -2.37. The lowest BCUT2D eigenvalue weighted by atomic mass is 10.0. The molecule has 4 heterocycles. The van der Waals surface area contributed by atoms with Crippen LogP contribution < -0.4 is 9.80 Å². The summed E-state index contributed by atoms with van der Waals surface area (Å²) >= 11 is 0. The van der Waals surface area contributed by atoms with Crippen LogP contribution in [-0.4, -0.2) is 71.5 Å². The average molecular weight is 404 g/mol. The number of benzene rings is 1. The highest BCUT2D eigenvalue weighted by Gasteiger charge is 2.21. The highest BCUT2D eigenvalue weighted by atomic mass is 16.5. The van der Waals surface area contributed by atoms with Crippen molar-refractivity contribution in [2.24, 2.45) is 0 Å². The molecule has 0 aliphatic carbocycles. The summed E-state index contributed by atoms with van der Waals surface area (Å²) in [6.07, 6.45) is 3.72. The molecule has 2 N–H and O–H groups in total. The lowest BCUT2D eigenvalue weighted by molar-refractivity contribution is 0.122. The van der Waals surface area contributed by atoms with Gasteiger partial charge in [-0.1, -0.05) is 12.1 Å². The zero-order valence-electron chi connectivity index (χ0n) is 16.9. The zero-order chi connectivity index (χ0) is 20.5. The van der Waals surface area contributed by atoms with E-state index < -0.39 is 0 Å². The van der Waals surface area contributed by atoms with Crippen LogP contribution in [0.3, 0.4) is 0 Å². The van der Waals surface area contributed by atoms with Crippen molar-refractivity contribution in [3.05, 3.63) is 42.7 Å². The molecule has 0 atom stereocenters. The van der Waals surface area contributed by atoms with E-state index in [1.807, 2.05) is 30.3 Å². The first-order valence-corrected chi connectivity index (χ1v) is 10.1. The van der Waals surface area contributed by atoms with Gasteiger partial charge in [-0.05, 0) is 18.2 Å². The van der Waals surface area contributed by atoms with Gasteiger partial charge in [0.25, 0.3) is 0 Å². The summed E-state index contributed by atoms with van der Waals surface area (Å²) < 4.78 is 5.51. The molecule has 0 unspecified atom stereocenters. The van der Waals surface area contributed by atoms with Gasteiger partial charge in [-0.3, -0.25) is 4.98 Å². The van der Waals surface area contributed by atoms with Crippen LogP contribution in [0.25, 0.3) is 33.2 Å². The van der Waals surface area contributed by atoms with E-state index in [1.165, 1.54) is 0 Å². The van der Waals surface area contributed by atoms with Gasteiger partial charge in [0.1, 0.15) is 16.7 Å². The van der Waals surface area contributed by atoms with Crippen molar-refractivity contribution in [2.75, 3.05) is 56.3 Å². The van der Waals surface area contributed by atoms with E-state index in [-0.39, 0.29) is 6.61 Å². The quantitative estimate of drug-likeness (QED) is 0.528. The minimum absolute atomic E-state index is 0.0667. The molecule has 1 saturated heterocycles. The largest absolute Gasteiger partial charge is 0.395 e. The maximum Gasteiger partial charge on any atom is 0.226 e. The Morgan fingerprint density at radius 3 is 2.83 bits per heavy atom. The molecule has 0 spiro atoms. The third-order valence-electron chi connectivity index (χ3n) is 5.54. The molecule has 5 rings (SSSR count). The number of fused-ring (bicyclic) bond motifs is 2. The van der Waals surface area contributed by atoms with Gasteiger partial charge in [0.15, 0.2) is 0 Å². The first-order chi connectivity index (χ1) is 14.8. The summed E-state index contributed by atoms with van der Waals surface area (Å²) in [4.78, 5) is 22.0. The lowest BCUT2D eigenvalue weighted by Gasteiger charge is -2.28. The van der Waals surface area contributed by atoms with Gasteiger partial charge in [-0.2, -0.15) is 0 Å². The van der Waals surface area contributed by atoms with Gasteiger partial charge in [-0.15, -0.1) is 0 Å². The minimum Gasteiger partial charge on any atom is -0.395 e. The normalized spacial score (nSPS) is 14.5. The van der Waals surface area contributed by atoms with Crippen molar-refractivity contribution < 1.29 is 9.84 Å². The predicted octanol–water partition coefficient (Wildman–Crippen LogP) is 2.44. The van der Waals surface area contributed by atoms with Gasteiger partial charge >= 0.3 is 0 Å². The Morgan fingerprint density at radius 2 is 2.00 bits per heavy atom. The second-order valence-electron chi connectivity index (χ2n) is 7.39. The number of H-pyrrole nitrogens is 1. The van der Waals surface area contributed by atoms with Crippen LogP contribution >= 0.6 is 0 Å². The number of hydrogen-bond donors (Lipinski definition) is 2. The fourth-order valence-corrected chi connectivity index (χ4v) is 3.97.